The minimum absolute atomic E-state index is 0.0514. The van der Waals surface area contributed by atoms with Gasteiger partial charge in [0.1, 0.15) is 5.52 Å². The summed E-state index contributed by atoms with van der Waals surface area (Å²) >= 11 is 6.28. The highest BCUT2D eigenvalue weighted by atomic mass is 35.5. The lowest BCUT2D eigenvalue weighted by molar-refractivity contribution is 0.536. The molecule has 0 saturated carbocycles. The van der Waals surface area contributed by atoms with Crippen molar-refractivity contribution in [2.45, 2.75) is 10.9 Å². The van der Waals surface area contributed by atoms with Crippen LogP contribution in [-0.4, -0.2) is 49.6 Å². The van der Waals surface area contributed by atoms with Gasteiger partial charge in [0.15, 0.2) is 15.7 Å². The van der Waals surface area contributed by atoms with Crippen molar-refractivity contribution in [3.63, 3.8) is 0 Å². The topological polar surface area (TPSA) is 148 Å². The third-order valence-electron chi connectivity index (χ3n) is 4.19. The number of benzene rings is 1. The summed E-state index contributed by atoms with van der Waals surface area (Å²) in [6.07, 6.45) is 0. The van der Waals surface area contributed by atoms with Crippen molar-refractivity contribution >= 4 is 48.3 Å². The quantitative estimate of drug-likeness (QED) is 0.560. The number of fused-ring (bicyclic) bond motifs is 1. The molecule has 1 saturated heterocycles. The number of nitrogens with one attached hydrogen (secondary N) is 2. The zero-order chi connectivity index (χ0) is 19.4. The predicted molar refractivity (Wildman–Crippen MR) is 102 cm³/mol. The van der Waals surface area contributed by atoms with Crippen LogP contribution in [0.4, 0.5) is 5.82 Å². The van der Waals surface area contributed by atoms with Gasteiger partial charge in [-0.2, -0.15) is 5.10 Å². The fourth-order valence-electron chi connectivity index (χ4n) is 2.86. The molecular formula is C15H14ClN5O4S2. The zero-order valence-corrected chi connectivity index (χ0v) is 16.1. The Hall–Kier alpha value is -2.21. The Kier molecular flexibility index (Phi) is 4.14. The first kappa shape index (κ1) is 18.2. The van der Waals surface area contributed by atoms with Gasteiger partial charge in [-0.1, -0.05) is 11.6 Å². The molecule has 3 aromatic rings. The van der Waals surface area contributed by atoms with Gasteiger partial charge in [0.05, 0.1) is 32.6 Å². The molecule has 1 fully saturated rings. The second-order valence-corrected chi connectivity index (χ2v) is 10.5. The van der Waals surface area contributed by atoms with E-state index in [1.807, 2.05) is 0 Å². The van der Waals surface area contributed by atoms with Crippen LogP contribution in [0.25, 0.3) is 22.3 Å². The molecule has 27 heavy (non-hydrogen) atoms. The van der Waals surface area contributed by atoms with E-state index in [0.29, 0.717) is 22.3 Å². The van der Waals surface area contributed by atoms with Gasteiger partial charge in [0.25, 0.3) is 0 Å². The Labute approximate surface area is 159 Å². The molecule has 142 valence electrons. The molecule has 0 atom stereocenters. The van der Waals surface area contributed by atoms with Crippen LogP contribution in [0.5, 0.6) is 0 Å². The maximum absolute atomic E-state index is 12.4. The highest BCUT2D eigenvalue weighted by molar-refractivity contribution is 7.93. The van der Waals surface area contributed by atoms with Crippen molar-refractivity contribution in [2.24, 2.45) is 0 Å². The summed E-state index contributed by atoms with van der Waals surface area (Å²) < 4.78 is 49.6. The van der Waals surface area contributed by atoms with E-state index in [-0.39, 0.29) is 27.2 Å². The van der Waals surface area contributed by atoms with Gasteiger partial charge < -0.3 is 5.73 Å². The Morgan fingerprint density at radius 2 is 1.96 bits per heavy atom. The van der Waals surface area contributed by atoms with E-state index in [1.54, 1.807) is 18.2 Å². The zero-order valence-electron chi connectivity index (χ0n) is 13.7. The number of rotatable bonds is 4. The largest absolute Gasteiger partial charge is 0.380 e. The molecule has 3 heterocycles. The molecule has 9 nitrogen and oxygen atoms in total. The van der Waals surface area contributed by atoms with E-state index in [4.69, 9.17) is 17.3 Å². The first-order valence-corrected chi connectivity index (χ1v) is 11.5. The summed E-state index contributed by atoms with van der Waals surface area (Å²) in [6.45, 7) is 0. The van der Waals surface area contributed by atoms with E-state index in [1.165, 1.54) is 12.1 Å². The standard InChI is InChI=1S/C15H14ClN5O4S2/c16-11-5-9(27(24,25)21-8-6-26(22,23)7-8)1-2-10(11)12-3-4-13-14(18-12)15(17)20-19-13/h1-5,8,21H,6-7H2,(H3,17,19,20). The predicted octanol–water partition coefficient (Wildman–Crippen LogP) is 0.936. The summed E-state index contributed by atoms with van der Waals surface area (Å²) in [5.41, 5.74) is 7.97. The van der Waals surface area contributed by atoms with Crippen LogP contribution in [0.15, 0.2) is 35.2 Å². The van der Waals surface area contributed by atoms with Crippen LogP contribution in [0.2, 0.25) is 5.02 Å². The van der Waals surface area contributed by atoms with Crippen LogP contribution in [0.3, 0.4) is 0 Å². The van der Waals surface area contributed by atoms with Crippen molar-refractivity contribution < 1.29 is 16.8 Å². The lowest BCUT2D eigenvalue weighted by atomic mass is 10.1. The summed E-state index contributed by atoms with van der Waals surface area (Å²) in [5.74, 6) is -0.149. The molecule has 1 aliphatic rings. The average Bonchev–Trinajstić information content (AvgIpc) is 2.93. The van der Waals surface area contributed by atoms with E-state index < -0.39 is 25.9 Å². The highest BCUT2D eigenvalue weighted by Gasteiger charge is 2.36. The van der Waals surface area contributed by atoms with Crippen molar-refractivity contribution in [3.8, 4) is 11.3 Å². The summed E-state index contributed by atoms with van der Waals surface area (Å²) in [5, 5.41) is 6.81. The van der Waals surface area contributed by atoms with Crippen molar-refractivity contribution in [2.75, 3.05) is 17.2 Å². The molecule has 2 aromatic heterocycles. The van der Waals surface area contributed by atoms with E-state index in [9.17, 15) is 16.8 Å². The van der Waals surface area contributed by atoms with Gasteiger partial charge in [0, 0.05) is 11.6 Å². The van der Waals surface area contributed by atoms with E-state index in [0.717, 1.165) is 0 Å². The number of nitrogens with zero attached hydrogens (tertiary/aromatic N) is 2. The van der Waals surface area contributed by atoms with Crippen LogP contribution in [-0.2, 0) is 19.9 Å². The Morgan fingerprint density at radius 1 is 1.22 bits per heavy atom. The molecular weight excluding hydrogens is 414 g/mol. The number of nitrogen functional groups attached to an aromatic ring is 1. The monoisotopic (exact) mass is 427 g/mol. The van der Waals surface area contributed by atoms with Gasteiger partial charge >= 0.3 is 0 Å². The molecule has 1 aromatic carbocycles. The summed E-state index contributed by atoms with van der Waals surface area (Å²) in [6, 6.07) is 7.08. The SMILES string of the molecule is Nc1n[nH]c2ccc(-c3ccc(S(=O)(=O)NC4CS(=O)(=O)C4)cc3Cl)nc12. The second kappa shape index (κ2) is 6.16. The van der Waals surface area contributed by atoms with Crippen molar-refractivity contribution in [1.82, 2.24) is 19.9 Å². The van der Waals surface area contributed by atoms with E-state index >= 15 is 0 Å². The van der Waals surface area contributed by atoms with Crippen LogP contribution < -0.4 is 10.5 Å². The third kappa shape index (κ3) is 3.38. The van der Waals surface area contributed by atoms with Gasteiger partial charge in [0.2, 0.25) is 10.0 Å². The van der Waals surface area contributed by atoms with Crippen molar-refractivity contribution in [1.29, 1.82) is 0 Å². The second-order valence-electron chi connectivity index (χ2n) is 6.24. The number of aromatic nitrogens is 3. The minimum Gasteiger partial charge on any atom is -0.380 e. The number of H-pyrrole nitrogens is 1. The van der Waals surface area contributed by atoms with Crippen LogP contribution in [0, 0.1) is 0 Å². The smallest absolute Gasteiger partial charge is 0.240 e. The first-order chi connectivity index (χ1) is 12.6. The number of sulfone groups is 1. The third-order valence-corrected chi connectivity index (χ3v) is 7.84. The molecule has 0 aliphatic carbocycles. The molecule has 0 bridgehead atoms. The van der Waals surface area contributed by atoms with Crippen LogP contribution in [0.1, 0.15) is 0 Å². The maximum atomic E-state index is 12.4. The molecule has 0 unspecified atom stereocenters. The fraction of sp³-hybridized carbons (Fsp3) is 0.200. The molecule has 0 radical (unpaired) electrons. The van der Waals surface area contributed by atoms with Gasteiger partial charge in [-0.15, -0.1) is 0 Å². The lowest BCUT2D eigenvalue weighted by Crippen LogP contribution is -2.52. The van der Waals surface area contributed by atoms with Gasteiger partial charge in [-0.3, -0.25) is 5.10 Å². The normalized spacial score (nSPS) is 17.1. The van der Waals surface area contributed by atoms with E-state index in [2.05, 4.69) is 19.9 Å². The highest BCUT2D eigenvalue weighted by Crippen LogP contribution is 2.31. The number of halogens is 1. The molecule has 4 N–H and O–H groups in total. The number of pyridine rings is 1. The number of aromatic amines is 1. The number of sulfonamides is 1. The van der Waals surface area contributed by atoms with Gasteiger partial charge in [-0.25, -0.2) is 26.5 Å². The fourth-order valence-corrected chi connectivity index (χ4v) is 5.97. The molecule has 0 amide bonds. The van der Waals surface area contributed by atoms with Gasteiger partial charge in [-0.05, 0) is 30.3 Å². The molecule has 12 heteroatoms. The molecule has 4 rings (SSSR count). The Bertz CT molecular complexity index is 1260. The number of anilines is 1. The summed E-state index contributed by atoms with van der Waals surface area (Å²) in [4.78, 5) is 4.36. The minimum atomic E-state index is -3.88. The average molecular weight is 428 g/mol. The molecule has 1 aliphatic heterocycles. The Balaban J connectivity index is 1.64. The summed E-state index contributed by atoms with van der Waals surface area (Å²) in [7, 11) is -7.01. The number of hydrogen-bond donors (Lipinski definition) is 3. The van der Waals surface area contributed by atoms with Crippen LogP contribution >= 0.6 is 11.6 Å². The Morgan fingerprint density at radius 3 is 2.63 bits per heavy atom. The maximum Gasteiger partial charge on any atom is 0.240 e. The molecule has 0 spiro atoms. The number of nitrogens with two attached hydrogens (primary N) is 1. The number of hydrogen-bond acceptors (Lipinski definition) is 7. The lowest BCUT2D eigenvalue weighted by Gasteiger charge is -2.26. The van der Waals surface area contributed by atoms with Crippen molar-refractivity contribution in [3.05, 3.63) is 35.4 Å². The first-order valence-electron chi connectivity index (χ1n) is 7.78.